The number of carbonyl (C=O) groups excluding carboxylic acids is 4. The van der Waals surface area contributed by atoms with E-state index in [1.165, 1.54) is 270 Å². The second-order valence-electron chi connectivity index (χ2n) is 32.4. The minimum absolute atomic E-state index is 0.107. The number of esters is 4. The lowest BCUT2D eigenvalue weighted by molar-refractivity contribution is -0.161. The fourth-order valence-electron chi connectivity index (χ4n) is 13.6. The van der Waals surface area contributed by atoms with E-state index in [1.807, 2.05) is 0 Å². The van der Waals surface area contributed by atoms with Crippen molar-refractivity contribution in [2.75, 3.05) is 39.6 Å². The summed E-state index contributed by atoms with van der Waals surface area (Å²) in [6, 6.07) is 0. The van der Waals surface area contributed by atoms with Gasteiger partial charge < -0.3 is 33.8 Å². The SMILES string of the molecule is CCCCCCCCCCCCCCCCCCCCCCCC(=O)O[C@H](COC(=O)CCCCCCCCCCCCCCCCC(C)CC)COP(=O)(O)OC[C@@H](O)COP(=O)(O)OC[C@@H](COC(=O)CCCCCCCCC(C)CC)OC(=O)CCCCCCCCCCCCCCCCC(C)CC. The number of ether oxygens (including phenoxy) is 4. The first-order chi connectivity index (χ1) is 51.8. The highest BCUT2D eigenvalue weighted by molar-refractivity contribution is 7.47. The van der Waals surface area contributed by atoms with Crippen molar-refractivity contribution >= 4 is 39.5 Å². The monoisotopic (exact) mass is 1560 g/mol. The number of carbonyl (C=O) groups is 4. The molecule has 0 heterocycles. The molecule has 0 aromatic heterocycles. The largest absolute Gasteiger partial charge is 0.472 e. The van der Waals surface area contributed by atoms with E-state index in [9.17, 15) is 43.2 Å². The zero-order valence-electron chi connectivity index (χ0n) is 70.6. The Balaban J connectivity index is 5.24. The van der Waals surface area contributed by atoms with Gasteiger partial charge in [-0.25, -0.2) is 9.13 Å². The van der Waals surface area contributed by atoms with E-state index >= 15 is 0 Å². The van der Waals surface area contributed by atoms with Crippen molar-refractivity contribution < 1.29 is 80.2 Å². The molecule has 0 saturated heterocycles. The van der Waals surface area contributed by atoms with Crippen LogP contribution in [0.5, 0.6) is 0 Å². The van der Waals surface area contributed by atoms with Crippen LogP contribution >= 0.6 is 15.6 Å². The molecular formula is C88H172O17P2. The number of aliphatic hydroxyl groups is 1. The van der Waals surface area contributed by atoms with Crippen LogP contribution in [0, 0.1) is 17.8 Å². The molecule has 19 heteroatoms. The van der Waals surface area contributed by atoms with Gasteiger partial charge in [0.05, 0.1) is 26.4 Å². The van der Waals surface area contributed by atoms with Crippen LogP contribution < -0.4 is 0 Å². The Hall–Kier alpha value is -1.94. The maximum atomic E-state index is 13.2. The fourth-order valence-corrected chi connectivity index (χ4v) is 15.2. The van der Waals surface area contributed by atoms with Crippen molar-refractivity contribution in [3.05, 3.63) is 0 Å². The van der Waals surface area contributed by atoms with Crippen LogP contribution in [-0.4, -0.2) is 96.7 Å². The lowest BCUT2D eigenvalue weighted by Gasteiger charge is -2.21. The number of rotatable bonds is 86. The van der Waals surface area contributed by atoms with Gasteiger partial charge in [-0.2, -0.15) is 0 Å². The van der Waals surface area contributed by atoms with Gasteiger partial charge in [0.2, 0.25) is 0 Å². The van der Waals surface area contributed by atoms with E-state index in [0.717, 1.165) is 114 Å². The number of phosphoric ester groups is 2. The van der Waals surface area contributed by atoms with Crippen molar-refractivity contribution in [1.82, 2.24) is 0 Å². The Morgan fingerprint density at radius 2 is 0.449 bits per heavy atom. The highest BCUT2D eigenvalue weighted by atomic mass is 31.2. The van der Waals surface area contributed by atoms with E-state index in [2.05, 4.69) is 48.5 Å². The summed E-state index contributed by atoms with van der Waals surface area (Å²) in [7, 11) is -9.93. The smallest absolute Gasteiger partial charge is 0.462 e. The van der Waals surface area contributed by atoms with E-state index in [1.54, 1.807) is 0 Å². The summed E-state index contributed by atoms with van der Waals surface area (Å²) >= 11 is 0. The predicted octanol–water partition coefficient (Wildman–Crippen LogP) is 26.9. The average Bonchev–Trinajstić information content (AvgIpc) is 0.905. The van der Waals surface area contributed by atoms with Crippen LogP contribution in [0.3, 0.4) is 0 Å². The molecule has 0 aliphatic heterocycles. The third kappa shape index (κ3) is 77.8. The first kappa shape index (κ1) is 105. The molecular weight excluding hydrogens is 1390 g/mol. The zero-order chi connectivity index (χ0) is 78.6. The van der Waals surface area contributed by atoms with Crippen LogP contribution in [0.25, 0.3) is 0 Å². The van der Waals surface area contributed by atoms with Gasteiger partial charge in [0, 0.05) is 25.7 Å². The van der Waals surface area contributed by atoms with Gasteiger partial charge in [-0.05, 0) is 43.4 Å². The third-order valence-corrected chi connectivity index (χ3v) is 23.6. The second-order valence-corrected chi connectivity index (χ2v) is 35.3. The Morgan fingerprint density at radius 1 is 0.262 bits per heavy atom. The lowest BCUT2D eigenvalue weighted by atomic mass is 9.99. The molecule has 0 spiro atoms. The molecule has 8 atom stereocenters. The zero-order valence-corrected chi connectivity index (χ0v) is 72.4. The van der Waals surface area contributed by atoms with Gasteiger partial charge in [-0.15, -0.1) is 0 Å². The normalized spacial score (nSPS) is 14.6. The van der Waals surface area contributed by atoms with Gasteiger partial charge in [-0.3, -0.25) is 37.3 Å². The van der Waals surface area contributed by atoms with Crippen molar-refractivity contribution in [2.45, 2.75) is 484 Å². The van der Waals surface area contributed by atoms with Gasteiger partial charge in [0.25, 0.3) is 0 Å². The van der Waals surface area contributed by atoms with E-state index in [-0.39, 0.29) is 25.7 Å². The summed E-state index contributed by atoms with van der Waals surface area (Å²) in [6.45, 7) is 12.1. The maximum Gasteiger partial charge on any atom is 0.472 e. The molecule has 17 nitrogen and oxygen atoms in total. The predicted molar refractivity (Wildman–Crippen MR) is 441 cm³/mol. The van der Waals surface area contributed by atoms with Gasteiger partial charge in [0.15, 0.2) is 12.2 Å². The first-order valence-electron chi connectivity index (χ1n) is 45.5. The Morgan fingerprint density at radius 3 is 0.664 bits per heavy atom. The molecule has 0 fully saturated rings. The van der Waals surface area contributed by atoms with Crippen LogP contribution in [0.1, 0.15) is 466 Å². The van der Waals surface area contributed by atoms with Crippen LogP contribution in [0.4, 0.5) is 0 Å². The highest BCUT2D eigenvalue weighted by Gasteiger charge is 2.31. The summed E-state index contributed by atoms with van der Waals surface area (Å²) in [6.07, 6.45) is 69.4. The second kappa shape index (κ2) is 78.0. The molecule has 0 aromatic carbocycles. The average molecular weight is 1560 g/mol. The van der Waals surface area contributed by atoms with Gasteiger partial charge >= 0.3 is 39.5 Å². The minimum atomic E-state index is -4.97. The van der Waals surface area contributed by atoms with Crippen LogP contribution in [0.2, 0.25) is 0 Å². The standard InChI is InChI=1S/C88H172O17P2/c1-8-12-13-14-15-16-17-18-19-20-21-22-23-24-25-33-38-43-48-57-64-71-87(92)104-83(75-98-85(90)69-62-55-47-42-37-32-28-26-30-35-40-45-52-59-66-79(5)9-2)77-102-106(94,95)100-73-82(89)74-101-107(96,97)103-78-84(76-99-86(91)70-63-56-51-50-54-61-68-81(7)11-4)105-88(93)72-65-58-49-44-39-34-29-27-31-36-41-46-53-60-67-80(6)10-3/h79-84,89H,8-78H2,1-7H3,(H,94,95)(H,96,97)/t79?,80?,81?,82-,83-,84-/m1/s1. The molecule has 0 aliphatic carbocycles. The van der Waals surface area contributed by atoms with Gasteiger partial charge in [0.1, 0.15) is 19.3 Å². The molecule has 107 heavy (non-hydrogen) atoms. The molecule has 0 saturated carbocycles. The number of aliphatic hydroxyl groups excluding tert-OH is 1. The fraction of sp³-hybridized carbons (Fsp3) is 0.955. The van der Waals surface area contributed by atoms with Crippen molar-refractivity contribution in [3.8, 4) is 0 Å². The molecule has 0 aromatic rings. The maximum absolute atomic E-state index is 13.2. The Bertz CT molecular complexity index is 2070. The molecule has 0 bridgehead atoms. The molecule has 0 amide bonds. The van der Waals surface area contributed by atoms with Crippen molar-refractivity contribution in [2.24, 2.45) is 17.8 Å². The lowest BCUT2D eigenvalue weighted by Crippen LogP contribution is -2.30. The molecule has 0 radical (unpaired) electrons. The highest BCUT2D eigenvalue weighted by Crippen LogP contribution is 2.45. The summed E-state index contributed by atoms with van der Waals surface area (Å²) in [5.74, 6) is 0.323. The van der Waals surface area contributed by atoms with Crippen LogP contribution in [0.15, 0.2) is 0 Å². The first-order valence-corrected chi connectivity index (χ1v) is 48.5. The van der Waals surface area contributed by atoms with Crippen LogP contribution in [-0.2, 0) is 65.4 Å². The van der Waals surface area contributed by atoms with E-state index < -0.39 is 97.5 Å². The number of hydrogen-bond donors (Lipinski definition) is 3. The van der Waals surface area contributed by atoms with E-state index in [4.69, 9.17) is 37.0 Å². The molecule has 5 unspecified atom stereocenters. The summed E-state index contributed by atoms with van der Waals surface area (Å²) in [5, 5.41) is 10.7. The Labute approximate surface area is 658 Å². The molecule has 0 rings (SSSR count). The topological polar surface area (TPSA) is 237 Å². The molecule has 636 valence electrons. The Kier molecular flexibility index (Phi) is 76.6. The van der Waals surface area contributed by atoms with E-state index in [0.29, 0.717) is 25.7 Å². The van der Waals surface area contributed by atoms with Crippen molar-refractivity contribution in [3.63, 3.8) is 0 Å². The number of phosphoric acid groups is 2. The van der Waals surface area contributed by atoms with Gasteiger partial charge in [-0.1, -0.05) is 414 Å². The summed E-state index contributed by atoms with van der Waals surface area (Å²) < 4.78 is 69.0. The number of hydrogen-bond acceptors (Lipinski definition) is 15. The minimum Gasteiger partial charge on any atom is -0.462 e. The quantitative estimate of drug-likeness (QED) is 0.0222. The summed E-state index contributed by atoms with van der Waals surface area (Å²) in [4.78, 5) is 73.3. The third-order valence-electron chi connectivity index (χ3n) is 21.7. The molecule has 3 N–H and O–H groups in total. The summed E-state index contributed by atoms with van der Waals surface area (Å²) in [5.41, 5.74) is 0. The number of unbranched alkanes of at least 4 members (excludes halogenated alkanes) is 51. The molecule has 0 aliphatic rings. The van der Waals surface area contributed by atoms with Crippen molar-refractivity contribution in [1.29, 1.82) is 0 Å².